The number of carbonyl (C=O) groups is 5. The van der Waals surface area contributed by atoms with E-state index in [1.807, 2.05) is 20.8 Å². The van der Waals surface area contributed by atoms with Crippen LogP contribution in [-0.2, 0) is 24.0 Å². The fourth-order valence-electron chi connectivity index (χ4n) is 4.59. The third-order valence-corrected chi connectivity index (χ3v) is 6.83. The number of unbranched alkanes of at least 4 members (excludes halogenated alkanes) is 4. The van der Waals surface area contributed by atoms with Crippen molar-refractivity contribution in [1.82, 2.24) is 25.3 Å². The van der Waals surface area contributed by atoms with Gasteiger partial charge in [-0.15, -0.1) is 0 Å². The van der Waals surface area contributed by atoms with Crippen LogP contribution in [0.5, 0.6) is 0 Å². The molecule has 0 unspecified atom stereocenters. The third-order valence-electron chi connectivity index (χ3n) is 6.83. The van der Waals surface area contributed by atoms with Gasteiger partial charge in [-0.1, -0.05) is 40.0 Å². The van der Waals surface area contributed by atoms with Crippen molar-refractivity contribution >= 4 is 29.5 Å². The molecule has 38 heavy (non-hydrogen) atoms. The Bertz CT molecular complexity index is 819. The number of aliphatic hydroxyl groups excluding tert-OH is 1. The van der Waals surface area contributed by atoms with Crippen molar-refractivity contribution in [3.63, 3.8) is 0 Å². The molecule has 11 nitrogen and oxygen atoms in total. The number of nitrogens with one attached hydrogen (secondary N) is 2. The zero-order valence-corrected chi connectivity index (χ0v) is 23.4. The van der Waals surface area contributed by atoms with Gasteiger partial charge in [0.2, 0.25) is 29.5 Å². The number of aliphatic hydroxyl groups is 1. The Morgan fingerprint density at radius 2 is 1.34 bits per heavy atom. The van der Waals surface area contributed by atoms with E-state index in [1.54, 1.807) is 14.7 Å². The van der Waals surface area contributed by atoms with Gasteiger partial charge in [-0.2, -0.15) is 0 Å². The van der Waals surface area contributed by atoms with Crippen molar-refractivity contribution in [2.24, 2.45) is 5.41 Å². The van der Waals surface area contributed by atoms with Gasteiger partial charge in [-0.05, 0) is 24.7 Å². The van der Waals surface area contributed by atoms with Crippen LogP contribution >= 0.6 is 0 Å². The summed E-state index contributed by atoms with van der Waals surface area (Å²) in [5, 5.41) is 14.9. The molecule has 2 fully saturated rings. The maximum Gasteiger partial charge on any atom is 0.242 e. The number of likely N-dealkylation sites (tertiary alicyclic amines) is 1. The molecular weight excluding hydrogens is 490 g/mol. The normalized spacial score (nSPS) is 17.9. The van der Waals surface area contributed by atoms with Crippen LogP contribution in [0, 0.1) is 5.41 Å². The number of β-amino-alcohol motifs (C(OH)–C–C–N with tert-alkyl or cyclic N) is 1. The number of hydrogen-bond donors (Lipinski definition) is 3. The SMILES string of the molecule is CC(C)(C)CC(=O)N1CCN(C(=O)CC(=O)NCCCCCCCC(=O)NCC(=O)N2CC[C@@H](O)C2)CC1. The predicted molar refractivity (Wildman–Crippen MR) is 143 cm³/mol. The van der Waals surface area contributed by atoms with Gasteiger partial charge < -0.3 is 30.4 Å². The highest BCUT2D eigenvalue weighted by Crippen LogP contribution is 2.20. The minimum absolute atomic E-state index is 0.0267. The van der Waals surface area contributed by atoms with Crippen molar-refractivity contribution in [2.45, 2.75) is 84.7 Å². The first-order valence-electron chi connectivity index (χ1n) is 14.0. The summed E-state index contributed by atoms with van der Waals surface area (Å²) >= 11 is 0. The number of hydrogen-bond acceptors (Lipinski definition) is 6. The first-order chi connectivity index (χ1) is 17.9. The van der Waals surface area contributed by atoms with E-state index in [-0.39, 0.29) is 47.9 Å². The van der Waals surface area contributed by atoms with Gasteiger partial charge in [-0.3, -0.25) is 24.0 Å². The summed E-state index contributed by atoms with van der Waals surface area (Å²) in [4.78, 5) is 65.8. The van der Waals surface area contributed by atoms with E-state index in [0.717, 1.165) is 32.1 Å². The Hall–Kier alpha value is -2.69. The lowest BCUT2D eigenvalue weighted by Gasteiger charge is -2.36. The molecule has 216 valence electrons. The first kappa shape index (κ1) is 31.5. The molecule has 2 aliphatic heterocycles. The van der Waals surface area contributed by atoms with E-state index in [0.29, 0.717) is 65.1 Å². The molecule has 11 heteroatoms. The highest BCUT2D eigenvalue weighted by atomic mass is 16.3. The molecule has 0 radical (unpaired) electrons. The summed E-state index contributed by atoms with van der Waals surface area (Å²) < 4.78 is 0. The second kappa shape index (κ2) is 15.7. The fourth-order valence-corrected chi connectivity index (χ4v) is 4.59. The number of amides is 5. The minimum Gasteiger partial charge on any atom is -0.391 e. The van der Waals surface area contributed by atoms with Crippen molar-refractivity contribution in [2.75, 3.05) is 52.4 Å². The second-order valence-corrected chi connectivity index (χ2v) is 11.6. The molecule has 5 amide bonds. The number of carbonyl (C=O) groups excluding carboxylic acids is 5. The maximum absolute atomic E-state index is 12.4. The lowest BCUT2D eigenvalue weighted by Crippen LogP contribution is -2.51. The van der Waals surface area contributed by atoms with Crippen LogP contribution in [0.1, 0.15) is 78.6 Å². The Labute approximate surface area is 226 Å². The highest BCUT2D eigenvalue weighted by molar-refractivity contribution is 5.97. The molecule has 2 saturated heterocycles. The molecule has 1 atom stereocenters. The zero-order chi connectivity index (χ0) is 28.1. The van der Waals surface area contributed by atoms with Gasteiger partial charge in [0.05, 0.1) is 12.6 Å². The van der Waals surface area contributed by atoms with E-state index in [1.165, 1.54) is 0 Å². The van der Waals surface area contributed by atoms with Crippen LogP contribution in [-0.4, -0.2) is 108 Å². The van der Waals surface area contributed by atoms with Gasteiger partial charge in [0.1, 0.15) is 6.42 Å². The van der Waals surface area contributed by atoms with Crippen molar-refractivity contribution < 1.29 is 29.1 Å². The van der Waals surface area contributed by atoms with Gasteiger partial charge >= 0.3 is 0 Å². The van der Waals surface area contributed by atoms with Crippen molar-refractivity contribution in [1.29, 1.82) is 0 Å². The number of rotatable bonds is 13. The molecule has 0 aromatic heterocycles. The van der Waals surface area contributed by atoms with Gasteiger partial charge in [0.15, 0.2) is 0 Å². The molecule has 3 N–H and O–H groups in total. The molecule has 0 saturated carbocycles. The molecule has 0 aromatic rings. The van der Waals surface area contributed by atoms with Gasteiger partial charge in [0, 0.05) is 58.7 Å². The Kier molecular flexibility index (Phi) is 13.0. The van der Waals surface area contributed by atoms with Gasteiger partial charge in [0.25, 0.3) is 0 Å². The van der Waals surface area contributed by atoms with E-state index in [4.69, 9.17) is 0 Å². The molecule has 0 aliphatic carbocycles. The third kappa shape index (κ3) is 12.2. The standard InChI is InChI=1S/C27H47N5O6/c1-27(2,3)18-25(37)31-15-13-30(14-16-31)24(36)17-23(35)28-11-8-6-4-5-7-9-22(34)29-19-26(38)32-12-10-21(33)20-32/h21,33H,4-20H2,1-3H3,(H,28,35)(H,29,34)/t21-/m1/s1. The zero-order valence-electron chi connectivity index (χ0n) is 23.4. The average Bonchev–Trinajstić information content (AvgIpc) is 3.29. The highest BCUT2D eigenvalue weighted by Gasteiger charge is 2.27. The summed E-state index contributed by atoms with van der Waals surface area (Å²) in [5.74, 6) is -0.686. The quantitative estimate of drug-likeness (QED) is 0.233. The topological polar surface area (TPSA) is 139 Å². The molecule has 0 bridgehead atoms. The second-order valence-electron chi connectivity index (χ2n) is 11.6. The summed E-state index contributed by atoms with van der Waals surface area (Å²) in [5.41, 5.74) is -0.0684. The number of piperazine rings is 1. The molecule has 2 rings (SSSR count). The summed E-state index contributed by atoms with van der Waals surface area (Å²) in [6.07, 6.45) is 5.06. The average molecular weight is 538 g/mol. The van der Waals surface area contributed by atoms with Crippen LogP contribution < -0.4 is 10.6 Å². The molecule has 0 spiro atoms. The maximum atomic E-state index is 12.4. The van der Waals surface area contributed by atoms with Crippen LogP contribution in [0.15, 0.2) is 0 Å². The van der Waals surface area contributed by atoms with E-state index >= 15 is 0 Å². The lowest BCUT2D eigenvalue weighted by atomic mass is 9.91. The number of nitrogens with zero attached hydrogens (tertiary/aromatic N) is 3. The molecule has 0 aromatic carbocycles. The fraction of sp³-hybridized carbons (Fsp3) is 0.815. The van der Waals surface area contributed by atoms with Crippen molar-refractivity contribution in [3.05, 3.63) is 0 Å². The van der Waals surface area contributed by atoms with Crippen LogP contribution in [0.4, 0.5) is 0 Å². The Morgan fingerprint density at radius 3 is 1.95 bits per heavy atom. The van der Waals surface area contributed by atoms with Crippen LogP contribution in [0.25, 0.3) is 0 Å². The van der Waals surface area contributed by atoms with E-state index in [2.05, 4.69) is 10.6 Å². The van der Waals surface area contributed by atoms with Crippen molar-refractivity contribution in [3.8, 4) is 0 Å². The smallest absolute Gasteiger partial charge is 0.242 e. The van der Waals surface area contributed by atoms with E-state index < -0.39 is 6.10 Å². The molecular formula is C27H47N5O6. The Balaban J connectivity index is 1.44. The monoisotopic (exact) mass is 537 g/mol. The Morgan fingerprint density at radius 1 is 0.737 bits per heavy atom. The summed E-state index contributed by atoms with van der Waals surface area (Å²) in [7, 11) is 0. The molecule has 2 heterocycles. The lowest BCUT2D eigenvalue weighted by molar-refractivity contribution is -0.142. The molecule has 2 aliphatic rings. The van der Waals surface area contributed by atoms with E-state index in [9.17, 15) is 29.1 Å². The summed E-state index contributed by atoms with van der Waals surface area (Å²) in [6, 6.07) is 0. The minimum atomic E-state index is -0.464. The van der Waals surface area contributed by atoms with Crippen LogP contribution in [0.2, 0.25) is 0 Å². The van der Waals surface area contributed by atoms with Gasteiger partial charge in [-0.25, -0.2) is 0 Å². The van der Waals surface area contributed by atoms with Crippen LogP contribution in [0.3, 0.4) is 0 Å². The predicted octanol–water partition coefficient (Wildman–Crippen LogP) is 0.650. The largest absolute Gasteiger partial charge is 0.391 e. The summed E-state index contributed by atoms with van der Waals surface area (Å²) in [6.45, 7) is 9.37. The first-order valence-corrected chi connectivity index (χ1v) is 14.0.